The average molecular weight is 172 g/mol. The highest BCUT2D eigenvalue weighted by atomic mass is 16.4. The maximum absolute atomic E-state index is 10.4. The quantitative estimate of drug-likeness (QED) is 0.596. The Labute approximate surface area is 72.8 Å². The Morgan fingerprint density at radius 1 is 1.50 bits per heavy atom. The summed E-state index contributed by atoms with van der Waals surface area (Å²) in [7, 11) is 0. The molecular weight excluding hydrogens is 156 g/mol. The number of hydrogen-bond donors (Lipinski definition) is 1. The van der Waals surface area contributed by atoms with E-state index in [9.17, 15) is 9.59 Å². The fourth-order valence-corrected chi connectivity index (χ4v) is 1.06. The standard InChI is InChI=1S/C9H16O3/c1-2-3-4-8(7-10)5-6-9(11)12/h7-8H,2-6H2,1H3,(H,11,12)/t8-/m1/s1. The Morgan fingerprint density at radius 3 is 2.58 bits per heavy atom. The lowest BCUT2D eigenvalue weighted by atomic mass is 9.98. The number of carbonyl (C=O) groups excluding carboxylic acids is 1. The van der Waals surface area contributed by atoms with Crippen molar-refractivity contribution in [2.75, 3.05) is 0 Å². The molecule has 1 N–H and O–H groups in total. The van der Waals surface area contributed by atoms with Gasteiger partial charge in [-0.1, -0.05) is 19.8 Å². The summed E-state index contributed by atoms with van der Waals surface area (Å²) < 4.78 is 0. The molecule has 0 aromatic rings. The van der Waals surface area contributed by atoms with Gasteiger partial charge in [0.25, 0.3) is 0 Å². The zero-order valence-corrected chi connectivity index (χ0v) is 7.45. The van der Waals surface area contributed by atoms with Gasteiger partial charge in [0.15, 0.2) is 0 Å². The first kappa shape index (κ1) is 11.1. The van der Waals surface area contributed by atoms with Crippen LogP contribution < -0.4 is 0 Å². The molecule has 0 aromatic carbocycles. The van der Waals surface area contributed by atoms with E-state index in [2.05, 4.69) is 6.92 Å². The molecule has 3 nitrogen and oxygen atoms in total. The highest BCUT2D eigenvalue weighted by Crippen LogP contribution is 2.11. The van der Waals surface area contributed by atoms with E-state index in [4.69, 9.17) is 5.11 Å². The second kappa shape index (κ2) is 6.83. The van der Waals surface area contributed by atoms with Crippen molar-refractivity contribution in [2.45, 2.75) is 39.0 Å². The fraction of sp³-hybridized carbons (Fsp3) is 0.778. The van der Waals surface area contributed by atoms with Crippen LogP contribution in [0, 0.1) is 5.92 Å². The summed E-state index contributed by atoms with van der Waals surface area (Å²) in [6.45, 7) is 2.05. The van der Waals surface area contributed by atoms with Crippen molar-refractivity contribution in [3.8, 4) is 0 Å². The summed E-state index contributed by atoms with van der Waals surface area (Å²) in [6, 6.07) is 0. The van der Waals surface area contributed by atoms with Crippen LogP contribution in [0.3, 0.4) is 0 Å². The molecule has 12 heavy (non-hydrogen) atoms. The minimum absolute atomic E-state index is 0.0546. The first-order valence-corrected chi connectivity index (χ1v) is 4.37. The summed E-state index contributed by atoms with van der Waals surface area (Å²) in [5.74, 6) is -0.876. The molecule has 0 saturated carbocycles. The van der Waals surface area contributed by atoms with E-state index < -0.39 is 5.97 Å². The largest absolute Gasteiger partial charge is 0.481 e. The second-order valence-corrected chi connectivity index (χ2v) is 2.97. The van der Waals surface area contributed by atoms with Gasteiger partial charge in [0.1, 0.15) is 6.29 Å². The number of carboxylic acid groups (broad SMARTS) is 1. The first-order valence-electron chi connectivity index (χ1n) is 4.37. The average Bonchev–Trinajstić information content (AvgIpc) is 2.05. The normalized spacial score (nSPS) is 12.4. The topological polar surface area (TPSA) is 54.4 Å². The van der Waals surface area contributed by atoms with E-state index in [1.165, 1.54) is 0 Å². The van der Waals surface area contributed by atoms with E-state index >= 15 is 0 Å². The van der Waals surface area contributed by atoms with Gasteiger partial charge in [-0.25, -0.2) is 0 Å². The molecule has 0 unspecified atom stereocenters. The Morgan fingerprint density at radius 2 is 2.17 bits per heavy atom. The molecule has 0 aliphatic rings. The van der Waals surface area contributed by atoms with Crippen LogP contribution in [0.1, 0.15) is 39.0 Å². The highest BCUT2D eigenvalue weighted by Gasteiger charge is 2.08. The predicted molar refractivity (Wildman–Crippen MR) is 45.9 cm³/mol. The second-order valence-electron chi connectivity index (χ2n) is 2.97. The zero-order valence-electron chi connectivity index (χ0n) is 7.45. The van der Waals surface area contributed by atoms with Crippen molar-refractivity contribution < 1.29 is 14.7 Å². The Hall–Kier alpha value is -0.860. The number of carbonyl (C=O) groups is 2. The molecule has 0 saturated heterocycles. The van der Waals surface area contributed by atoms with Crippen LogP contribution in [0.15, 0.2) is 0 Å². The van der Waals surface area contributed by atoms with E-state index in [0.29, 0.717) is 6.42 Å². The van der Waals surface area contributed by atoms with E-state index in [1.807, 2.05) is 0 Å². The molecule has 0 fully saturated rings. The molecule has 70 valence electrons. The molecule has 0 radical (unpaired) electrons. The number of rotatable bonds is 7. The lowest BCUT2D eigenvalue weighted by Gasteiger charge is -2.06. The van der Waals surface area contributed by atoms with Gasteiger partial charge in [0, 0.05) is 12.3 Å². The van der Waals surface area contributed by atoms with Crippen molar-refractivity contribution in [2.24, 2.45) is 5.92 Å². The van der Waals surface area contributed by atoms with E-state index in [1.54, 1.807) is 0 Å². The highest BCUT2D eigenvalue weighted by molar-refractivity contribution is 5.67. The number of hydrogen-bond acceptors (Lipinski definition) is 2. The van der Waals surface area contributed by atoms with Crippen LogP contribution in [-0.2, 0) is 9.59 Å². The maximum Gasteiger partial charge on any atom is 0.303 e. The van der Waals surface area contributed by atoms with Crippen molar-refractivity contribution in [1.82, 2.24) is 0 Å². The number of aliphatic carboxylic acids is 1. The molecule has 0 rings (SSSR count). The zero-order chi connectivity index (χ0) is 9.40. The lowest BCUT2D eigenvalue weighted by Crippen LogP contribution is -2.05. The van der Waals surface area contributed by atoms with Crippen LogP contribution in [-0.4, -0.2) is 17.4 Å². The van der Waals surface area contributed by atoms with E-state index in [0.717, 1.165) is 25.5 Å². The first-order chi connectivity index (χ1) is 5.70. The molecular formula is C9H16O3. The van der Waals surface area contributed by atoms with Gasteiger partial charge in [-0.2, -0.15) is 0 Å². The third-order valence-electron chi connectivity index (χ3n) is 1.85. The maximum atomic E-state index is 10.4. The van der Waals surface area contributed by atoms with Gasteiger partial charge in [0.2, 0.25) is 0 Å². The minimum Gasteiger partial charge on any atom is -0.481 e. The van der Waals surface area contributed by atoms with Crippen molar-refractivity contribution >= 4 is 12.3 Å². The third kappa shape index (κ3) is 5.89. The fourth-order valence-electron chi connectivity index (χ4n) is 1.06. The summed E-state index contributed by atoms with van der Waals surface area (Å²) in [5.41, 5.74) is 0. The Bertz CT molecular complexity index is 143. The SMILES string of the molecule is CCCC[C@@H](C=O)CCC(=O)O. The van der Waals surface area contributed by atoms with Crippen LogP contribution in [0.4, 0.5) is 0 Å². The predicted octanol–water partition coefficient (Wildman–Crippen LogP) is 1.86. The number of carboxylic acids is 1. The smallest absolute Gasteiger partial charge is 0.303 e. The number of unbranched alkanes of at least 4 members (excludes halogenated alkanes) is 1. The summed E-state index contributed by atoms with van der Waals surface area (Å²) in [4.78, 5) is 20.6. The Kier molecular flexibility index (Phi) is 6.34. The molecule has 0 aliphatic heterocycles. The third-order valence-corrected chi connectivity index (χ3v) is 1.85. The van der Waals surface area contributed by atoms with Gasteiger partial charge in [-0.05, 0) is 12.8 Å². The Balaban J connectivity index is 3.52. The van der Waals surface area contributed by atoms with Gasteiger partial charge in [-0.3, -0.25) is 4.79 Å². The lowest BCUT2D eigenvalue weighted by molar-refractivity contribution is -0.137. The van der Waals surface area contributed by atoms with Crippen LogP contribution in [0.2, 0.25) is 0 Å². The van der Waals surface area contributed by atoms with Crippen LogP contribution >= 0.6 is 0 Å². The molecule has 0 aliphatic carbocycles. The molecule has 0 spiro atoms. The van der Waals surface area contributed by atoms with Gasteiger partial charge >= 0.3 is 5.97 Å². The van der Waals surface area contributed by atoms with Crippen LogP contribution in [0.25, 0.3) is 0 Å². The minimum atomic E-state index is -0.821. The molecule has 0 heterocycles. The molecule has 0 bridgehead atoms. The van der Waals surface area contributed by atoms with Crippen molar-refractivity contribution in [3.63, 3.8) is 0 Å². The molecule has 0 aromatic heterocycles. The molecule has 0 amide bonds. The van der Waals surface area contributed by atoms with Gasteiger partial charge < -0.3 is 9.90 Å². The summed E-state index contributed by atoms with van der Waals surface area (Å²) >= 11 is 0. The number of aldehydes is 1. The van der Waals surface area contributed by atoms with Crippen LogP contribution in [0.5, 0.6) is 0 Å². The van der Waals surface area contributed by atoms with Gasteiger partial charge in [-0.15, -0.1) is 0 Å². The van der Waals surface area contributed by atoms with Gasteiger partial charge in [0.05, 0.1) is 0 Å². The summed E-state index contributed by atoms with van der Waals surface area (Å²) in [5, 5.41) is 8.37. The summed E-state index contributed by atoms with van der Waals surface area (Å²) in [6.07, 6.45) is 4.35. The van der Waals surface area contributed by atoms with Crippen molar-refractivity contribution in [1.29, 1.82) is 0 Å². The molecule has 3 heteroatoms. The molecule has 1 atom stereocenters. The van der Waals surface area contributed by atoms with E-state index in [-0.39, 0.29) is 12.3 Å². The monoisotopic (exact) mass is 172 g/mol. The van der Waals surface area contributed by atoms with Crippen molar-refractivity contribution in [3.05, 3.63) is 0 Å².